The first kappa shape index (κ1) is 13.7. The number of ether oxygens (including phenoxy) is 2. The van der Waals surface area contributed by atoms with E-state index in [1.165, 1.54) is 0 Å². The number of hydrogen-bond donors (Lipinski definition) is 1. The van der Waals surface area contributed by atoms with Crippen LogP contribution in [0.2, 0.25) is 0 Å². The van der Waals surface area contributed by atoms with Gasteiger partial charge in [-0.25, -0.2) is 8.78 Å². The summed E-state index contributed by atoms with van der Waals surface area (Å²) in [6.45, 7) is 0. The highest BCUT2D eigenvalue weighted by atomic mass is 35.5. The Labute approximate surface area is 99.1 Å². The molecule has 0 aliphatic rings. The van der Waals surface area contributed by atoms with Crippen LogP contribution in [0.4, 0.5) is 23.2 Å². The van der Waals surface area contributed by atoms with Gasteiger partial charge in [0.05, 0.1) is 12.8 Å². The van der Waals surface area contributed by atoms with Crippen LogP contribution in [0.5, 0.6) is 11.5 Å². The molecule has 0 saturated carbocycles. The number of anilines is 1. The summed E-state index contributed by atoms with van der Waals surface area (Å²) >= 11 is 4.60. The number of halogens is 5. The Balaban J connectivity index is 3.10. The Bertz CT molecular complexity index is 414. The van der Waals surface area contributed by atoms with Crippen molar-refractivity contribution in [3.63, 3.8) is 0 Å². The lowest BCUT2D eigenvalue weighted by molar-refractivity contribution is -0.199. The number of methoxy groups -OCH3 is 1. The summed E-state index contributed by atoms with van der Waals surface area (Å²) < 4.78 is 59.6. The van der Waals surface area contributed by atoms with Gasteiger partial charge in [0.2, 0.25) is 0 Å². The third-order valence-corrected chi connectivity index (χ3v) is 2.04. The lowest BCUT2D eigenvalue weighted by Gasteiger charge is -2.19. The second kappa shape index (κ2) is 4.87. The Morgan fingerprint density at radius 1 is 1.35 bits per heavy atom. The largest absolute Gasteiger partial charge is 0.493 e. The van der Waals surface area contributed by atoms with Crippen LogP contribution in [0, 0.1) is 5.82 Å². The van der Waals surface area contributed by atoms with Crippen molar-refractivity contribution in [1.29, 1.82) is 0 Å². The zero-order chi connectivity index (χ0) is 13.2. The van der Waals surface area contributed by atoms with Gasteiger partial charge in [0.1, 0.15) is 5.82 Å². The smallest absolute Gasteiger partial charge is 0.444 e. The molecule has 0 amide bonds. The predicted molar refractivity (Wildman–Crippen MR) is 53.7 cm³/mol. The maximum atomic E-state index is 13.0. The first-order valence-corrected chi connectivity index (χ1v) is 4.69. The summed E-state index contributed by atoms with van der Waals surface area (Å²) in [6, 6.07) is 1.49. The van der Waals surface area contributed by atoms with Gasteiger partial charge in [0.25, 0.3) is 5.63 Å². The predicted octanol–water partition coefficient (Wildman–Crippen LogP) is 2.92. The molecule has 0 radical (unpaired) electrons. The number of nitrogens with two attached hydrogens (primary N) is 1. The van der Waals surface area contributed by atoms with Gasteiger partial charge in [-0.15, -0.1) is 0 Å². The van der Waals surface area contributed by atoms with Crippen molar-refractivity contribution < 1.29 is 27.0 Å². The molecule has 0 aromatic heterocycles. The zero-order valence-corrected chi connectivity index (χ0v) is 9.27. The highest BCUT2D eigenvalue weighted by Crippen LogP contribution is 2.37. The summed E-state index contributed by atoms with van der Waals surface area (Å²) in [6.07, 6.45) is -4.28. The monoisotopic (exact) mass is 273 g/mol. The Morgan fingerprint density at radius 3 is 2.41 bits per heavy atom. The average Bonchev–Trinajstić information content (AvgIpc) is 2.22. The van der Waals surface area contributed by atoms with E-state index in [2.05, 4.69) is 21.1 Å². The molecule has 0 fully saturated rings. The fourth-order valence-electron chi connectivity index (χ4n) is 0.981. The normalized spacial score (nSPS) is 13.3. The molecule has 0 heterocycles. The second-order valence-electron chi connectivity index (χ2n) is 2.99. The average molecular weight is 274 g/mol. The number of rotatable bonds is 4. The maximum Gasteiger partial charge on any atom is 0.444 e. The highest BCUT2D eigenvalue weighted by molar-refractivity contribution is 6.20. The van der Waals surface area contributed by atoms with Crippen molar-refractivity contribution in [2.75, 3.05) is 12.8 Å². The lowest BCUT2D eigenvalue weighted by atomic mass is 10.2. The minimum atomic E-state index is -4.28. The molecule has 0 bridgehead atoms. The van der Waals surface area contributed by atoms with E-state index in [0.717, 1.165) is 19.2 Å². The Morgan fingerprint density at radius 2 is 1.94 bits per heavy atom. The lowest BCUT2D eigenvalue weighted by Crippen LogP contribution is -2.33. The summed E-state index contributed by atoms with van der Waals surface area (Å²) in [4.78, 5) is 0. The second-order valence-corrected chi connectivity index (χ2v) is 3.37. The minimum absolute atomic E-state index is 0.353. The van der Waals surface area contributed by atoms with Gasteiger partial charge >= 0.3 is 6.11 Å². The van der Waals surface area contributed by atoms with Crippen molar-refractivity contribution in [3.8, 4) is 11.5 Å². The van der Waals surface area contributed by atoms with Crippen molar-refractivity contribution in [2.45, 2.75) is 11.7 Å². The van der Waals surface area contributed by atoms with E-state index in [4.69, 9.17) is 5.73 Å². The molecule has 96 valence electrons. The molecule has 17 heavy (non-hydrogen) atoms. The molecule has 3 nitrogen and oxygen atoms in total. The number of alkyl halides is 4. The topological polar surface area (TPSA) is 44.5 Å². The molecule has 1 atom stereocenters. The molecule has 0 aliphatic carbocycles. The van der Waals surface area contributed by atoms with Gasteiger partial charge in [-0.1, -0.05) is 11.6 Å². The van der Waals surface area contributed by atoms with Crippen molar-refractivity contribution in [2.24, 2.45) is 0 Å². The maximum absolute atomic E-state index is 13.0. The molecule has 1 aromatic carbocycles. The van der Waals surface area contributed by atoms with Crippen LogP contribution in [0.1, 0.15) is 0 Å². The van der Waals surface area contributed by atoms with Crippen molar-refractivity contribution >= 4 is 17.3 Å². The van der Waals surface area contributed by atoms with E-state index < -0.39 is 29.0 Å². The first-order chi connectivity index (χ1) is 7.77. The Kier molecular flexibility index (Phi) is 3.92. The summed E-state index contributed by atoms with van der Waals surface area (Å²) in [5.74, 6) is -1.84. The SMILES string of the molecule is COc1cc(F)c(N)cc1OC(F)(F)C(F)Cl. The highest BCUT2D eigenvalue weighted by Gasteiger charge is 2.42. The van der Waals surface area contributed by atoms with Crippen LogP contribution in [-0.2, 0) is 0 Å². The van der Waals surface area contributed by atoms with Crippen molar-refractivity contribution in [1.82, 2.24) is 0 Å². The molecule has 0 spiro atoms. The molecule has 8 heteroatoms. The van der Waals surface area contributed by atoms with Gasteiger partial charge in [-0.05, 0) is 0 Å². The molecule has 1 unspecified atom stereocenters. The standard InChI is InChI=1S/C9H8ClF4NO2/c1-16-6-2-4(11)5(15)3-7(6)17-9(13,14)8(10)12/h2-3,8H,15H2,1H3. The van der Waals surface area contributed by atoms with E-state index >= 15 is 0 Å². The van der Waals surface area contributed by atoms with Crippen LogP contribution in [-0.4, -0.2) is 18.8 Å². The molecule has 2 N–H and O–H groups in total. The molecule has 1 rings (SSSR count). The summed E-state index contributed by atoms with van der Waals surface area (Å²) in [5.41, 5.74) is 1.66. The third-order valence-electron chi connectivity index (χ3n) is 1.78. The van der Waals surface area contributed by atoms with Crippen LogP contribution in [0.25, 0.3) is 0 Å². The number of benzene rings is 1. The van der Waals surface area contributed by atoms with Gasteiger partial charge in [0, 0.05) is 12.1 Å². The van der Waals surface area contributed by atoms with E-state index in [9.17, 15) is 17.6 Å². The Hall–Kier alpha value is -1.37. The van der Waals surface area contributed by atoms with Crippen LogP contribution >= 0.6 is 11.6 Å². The minimum Gasteiger partial charge on any atom is -0.493 e. The number of hydrogen-bond acceptors (Lipinski definition) is 3. The number of nitrogen functional groups attached to an aromatic ring is 1. The molecular weight excluding hydrogens is 266 g/mol. The fourth-order valence-corrected chi connectivity index (χ4v) is 1.03. The van der Waals surface area contributed by atoms with Gasteiger partial charge in [0.15, 0.2) is 11.5 Å². The zero-order valence-electron chi connectivity index (χ0n) is 8.52. The summed E-state index contributed by atoms with van der Waals surface area (Å²) in [5, 5.41) is 0. The molecule has 0 aliphatic heterocycles. The fraction of sp³-hybridized carbons (Fsp3) is 0.333. The first-order valence-electron chi connectivity index (χ1n) is 4.26. The summed E-state index contributed by atoms with van der Waals surface area (Å²) in [7, 11) is 1.10. The van der Waals surface area contributed by atoms with Crippen LogP contribution in [0.3, 0.4) is 0 Å². The van der Waals surface area contributed by atoms with E-state index in [0.29, 0.717) is 0 Å². The van der Waals surface area contributed by atoms with Crippen LogP contribution in [0.15, 0.2) is 12.1 Å². The molecule has 0 saturated heterocycles. The third kappa shape index (κ3) is 3.06. The molecule has 1 aromatic rings. The van der Waals surface area contributed by atoms with E-state index in [1.807, 2.05) is 0 Å². The van der Waals surface area contributed by atoms with Gasteiger partial charge in [-0.2, -0.15) is 8.78 Å². The van der Waals surface area contributed by atoms with E-state index in [-0.39, 0.29) is 5.75 Å². The van der Waals surface area contributed by atoms with Crippen LogP contribution < -0.4 is 15.2 Å². The molecular formula is C9H8ClF4NO2. The van der Waals surface area contributed by atoms with Crippen molar-refractivity contribution in [3.05, 3.63) is 17.9 Å². The van der Waals surface area contributed by atoms with Gasteiger partial charge < -0.3 is 15.2 Å². The quantitative estimate of drug-likeness (QED) is 0.521. The van der Waals surface area contributed by atoms with Gasteiger partial charge in [-0.3, -0.25) is 0 Å². The van der Waals surface area contributed by atoms with E-state index in [1.54, 1.807) is 0 Å².